The van der Waals surface area contributed by atoms with Crippen molar-refractivity contribution in [3.63, 3.8) is 0 Å². The lowest BCUT2D eigenvalue weighted by molar-refractivity contribution is 0.199. The van der Waals surface area contributed by atoms with Crippen LogP contribution in [0, 0.1) is 0 Å². The summed E-state index contributed by atoms with van der Waals surface area (Å²) in [5, 5.41) is 12.9. The van der Waals surface area contributed by atoms with Crippen LogP contribution in [0.1, 0.15) is 18.6 Å². The normalized spacial score (nSPS) is 12.7. The van der Waals surface area contributed by atoms with E-state index in [-0.39, 0.29) is 0 Å². The number of hydrogen-bond donors (Lipinski definition) is 1. The largest absolute Gasteiger partial charge is 0.389 e. The summed E-state index contributed by atoms with van der Waals surface area (Å²) in [6, 6.07) is 9.37. The number of aliphatic hydroxyl groups excluding tert-OH is 1. The zero-order valence-electron chi connectivity index (χ0n) is 7.84. The number of aromatic nitrogens is 1. The van der Waals surface area contributed by atoms with Gasteiger partial charge < -0.3 is 9.63 Å². The zero-order chi connectivity index (χ0) is 9.97. The fraction of sp³-hybridized carbons (Fsp3) is 0.182. The van der Waals surface area contributed by atoms with Gasteiger partial charge in [0.2, 0.25) is 0 Å². The number of rotatable bonds is 2. The molecule has 0 fully saturated rings. The van der Waals surface area contributed by atoms with E-state index in [9.17, 15) is 5.11 Å². The topological polar surface area (TPSA) is 46.3 Å². The van der Waals surface area contributed by atoms with E-state index in [1.807, 2.05) is 24.3 Å². The molecule has 0 saturated carbocycles. The number of aliphatic hydroxyl groups is 1. The summed E-state index contributed by atoms with van der Waals surface area (Å²) in [7, 11) is 0. The van der Waals surface area contributed by atoms with E-state index in [0.29, 0.717) is 0 Å². The molecule has 0 amide bonds. The van der Waals surface area contributed by atoms with Gasteiger partial charge in [-0.3, -0.25) is 0 Å². The van der Waals surface area contributed by atoms with Crippen molar-refractivity contribution in [2.24, 2.45) is 0 Å². The van der Waals surface area contributed by atoms with Gasteiger partial charge in [-0.25, -0.2) is 0 Å². The summed E-state index contributed by atoms with van der Waals surface area (Å²) < 4.78 is 5.01. The molecular formula is C11H11NO2. The minimum absolute atomic E-state index is 0.432. The van der Waals surface area contributed by atoms with Crippen LogP contribution in [0.2, 0.25) is 0 Å². The first-order chi connectivity index (χ1) is 6.77. The maximum Gasteiger partial charge on any atom is 0.166 e. The molecule has 3 heteroatoms. The minimum atomic E-state index is -0.432. The first-order valence-corrected chi connectivity index (χ1v) is 4.46. The highest BCUT2D eigenvalue weighted by Gasteiger charge is 2.03. The third-order valence-corrected chi connectivity index (χ3v) is 2.12. The van der Waals surface area contributed by atoms with Crippen LogP contribution < -0.4 is 0 Å². The van der Waals surface area contributed by atoms with Crippen LogP contribution in [0.4, 0.5) is 0 Å². The van der Waals surface area contributed by atoms with Crippen molar-refractivity contribution < 1.29 is 9.63 Å². The maximum absolute atomic E-state index is 9.31. The molecule has 2 rings (SSSR count). The van der Waals surface area contributed by atoms with Gasteiger partial charge in [-0.15, -0.1) is 0 Å². The zero-order valence-corrected chi connectivity index (χ0v) is 7.84. The second-order valence-corrected chi connectivity index (χ2v) is 3.17. The van der Waals surface area contributed by atoms with Gasteiger partial charge in [0.1, 0.15) is 0 Å². The van der Waals surface area contributed by atoms with Crippen molar-refractivity contribution in [2.45, 2.75) is 13.0 Å². The lowest BCUT2D eigenvalue weighted by Crippen LogP contribution is -1.89. The van der Waals surface area contributed by atoms with Gasteiger partial charge in [-0.05, 0) is 12.5 Å². The molecule has 0 aliphatic rings. The van der Waals surface area contributed by atoms with Gasteiger partial charge in [0, 0.05) is 11.6 Å². The molecule has 1 heterocycles. The van der Waals surface area contributed by atoms with Crippen LogP contribution in [-0.2, 0) is 0 Å². The van der Waals surface area contributed by atoms with Crippen LogP contribution in [0.5, 0.6) is 0 Å². The fourth-order valence-electron chi connectivity index (χ4n) is 1.29. The molecule has 3 nitrogen and oxygen atoms in total. The highest BCUT2D eigenvalue weighted by atomic mass is 16.5. The molecule has 1 aromatic heterocycles. The Morgan fingerprint density at radius 3 is 2.43 bits per heavy atom. The smallest absolute Gasteiger partial charge is 0.166 e. The lowest BCUT2D eigenvalue weighted by atomic mass is 10.1. The van der Waals surface area contributed by atoms with Crippen molar-refractivity contribution >= 4 is 0 Å². The molecule has 0 bridgehead atoms. The first kappa shape index (κ1) is 8.97. The second kappa shape index (κ2) is 3.64. The van der Waals surface area contributed by atoms with Crippen molar-refractivity contribution in [2.75, 3.05) is 0 Å². The number of benzene rings is 1. The van der Waals surface area contributed by atoms with Gasteiger partial charge in [-0.1, -0.05) is 29.4 Å². The SMILES string of the molecule is C[C@@H](O)c1ccc(-c2ccno2)cc1. The van der Waals surface area contributed by atoms with Gasteiger partial charge in [0.05, 0.1) is 12.3 Å². The molecule has 1 atom stereocenters. The standard InChI is InChI=1S/C11H11NO2/c1-8(13)9-2-4-10(5-3-9)11-6-7-12-14-11/h2-8,13H,1H3/t8-/m1/s1. The molecule has 0 aliphatic carbocycles. The van der Waals surface area contributed by atoms with Crippen molar-refractivity contribution in [3.8, 4) is 11.3 Å². The molecule has 72 valence electrons. The van der Waals surface area contributed by atoms with Gasteiger partial charge in [0.15, 0.2) is 5.76 Å². The monoisotopic (exact) mass is 189 g/mol. The molecule has 1 N–H and O–H groups in total. The van der Waals surface area contributed by atoms with E-state index >= 15 is 0 Å². The van der Waals surface area contributed by atoms with Crippen LogP contribution in [-0.4, -0.2) is 10.3 Å². The van der Waals surface area contributed by atoms with Crippen LogP contribution in [0.3, 0.4) is 0 Å². The van der Waals surface area contributed by atoms with E-state index in [0.717, 1.165) is 16.9 Å². The fourth-order valence-corrected chi connectivity index (χ4v) is 1.29. The molecule has 0 unspecified atom stereocenters. The van der Waals surface area contributed by atoms with E-state index in [4.69, 9.17) is 4.52 Å². The predicted octanol–water partition coefficient (Wildman–Crippen LogP) is 2.39. The van der Waals surface area contributed by atoms with Crippen LogP contribution in [0.25, 0.3) is 11.3 Å². The lowest BCUT2D eigenvalue weighted by Gasteiger charge is -2.04. The Balaban J connectivity index is 2.31. The van der Waals surface area contributed by atoms with Crippen molar-refractivity contribution in [1.82, 2.24) is 5.16 Å². The summed E-state index contributed by atoms with van der Waals surface area (Å²) in [5.41, 5.74) is 1.86. The highest BCUT2D eigenvalue weighted by molar-refractivity contribution is 5.56. The third-order valence-electron chi connectivity index (χ3n) is 2.12. The molecule has 0 aliphatic heterocycles. The molecule has 0 spiro atoms. The second-order valence-electron chi connectivity index (χ2n) is 3.17. The Morgan fingerprint density at radius 1 is 1.21 bits per heavy atom. The van der Waals surface area contributed by atoms with Crippen LogP contribution in [0.15, 0.2) is 41.1 Å². The van der Waals surface area contributed by atoms with Gasteiger partial charge in [-0.2, -0.15) is 0 Å². The summed E-state index contributed by atoms with van der Waals surface area (Å²) >= 11 is 0. The Bertz CT molecular complexity index is 390. The van der Waals surface area contributed by atoms with Crippen LogP contribution >= 0.6 is 0 Å². The van der Waals surface area contributed by atoms with E-state index in [2.05, 4.69) is 5.16 Å². The number of hydrogen-bond acceptors (Lipinski definition) is 3. The Kier molecular flexibility index (Phi) is 2.33. The quantitative estimate of drug-likeness (QED) is 0.789. The van der Waals surface area contributed by atoms with Crippen molar-refractivity contribution in [1.29, 1.82) is 0 Å². The maximum atomic E-state index is 9.31. The molecule has 1 aromatic carbocycles. The van der Waals surface area contributed by atoms with Gasteiger partial charge >= 0.3 is 0 Å². The Hall–Kier alpha value is -1.61. The molecular weight excluding hydrogens is 178 g/mol. The predicted molar refractivity (Wildman–Crippen MR) is 52.6 cm³/mol. The molecule has 14 heavy (non-hydrogen) atoms. The summed E-state index contributed by atoms with van der Waals surface area (Å²) in [6.45, 7) is 1.74. The molecule has 0 saturated heterocycles. The Labute approximate surface area is 82.0 Å². The summed E-state index contributed by atoms with van der Waals surface area (Å²) in [4.78, 5) is 0. The average Bonchev–Trinajstić information content (AvgIpc) is 2.71. The third kappa shape index (κ3) is 1.67. The van der Waals surface area contributed by atoms with E-state index < -0.39 is 6.10 Å². The first-order valence-electron chi connectivity index (χ1n) is 4.46. The van der Waals surface area contributed by atoms with E-state index in [1.54, 1.807) is 19.2 Å². The van der Waals surface area contributed by atoms with Crippen molar-refractivity contribution in [3.05, 3.63) is 42.1 Å². The highest BCUT2D eigenvalue weighted by Crippen LogP contribution is 2.21. The summed E-state index contributed by atoms with van der Waals surface area (Å²) in [6.07, 6.45) is 1.18. The Morgan fingerprint density at radius 2 is 1.93 bits per heavy atom. The molecule has 2 aromatic rings. The average molecular weight is 189 g/mol. The molecule has 0 radical (unpaired) electrons. The number of nitrogens with zero attached hydrogens (tertiary/aromatic N) is 1. The minimum Gasteiger partial charge on any atom is -0.389 e. The van der Waals surface area contributed by atoms with Gasteiger partial charge in [0.25, 0.3) is 0 Å². The van der Waals surface area contributed by atoms with E-state index in [1.165, 1.54) is 0 Å². The summed E-state index contributed by atoms with van der Waals surface area (Å²) in [5.74, 6) is 0.738.